The number of fused-ring (bicyclic) bond motifs is 1. The van der Waals surface area contributed by atoms with E-state index in [9.17, 15) is 9.18 Å². The molecule has 0 radical (unpaired) electrons. The zero-order valence-electron chi connectivity index (χ0n) is 14.7. The highest BCUT2D eigenvalue weighted by atomic mass is 19.1. The molecule has 1 atom stereocenters. The second kappa shape index (κ2) is 7.28. The van der Waals surface area contributed by atoms with Crippen LogP contribution >= 0.6 is 0 Å². The maximum absolute atomic E-state index is 14.3. The Bertz CT molecular complexity index is 956. The lowest BCUT2D eigenvalue weighted by Gasteiger charge is -2.23. The van der Waals surface area contributed by atoms with E-state index in [4.69, 9.17) is 5.73 Å². The Balaban J connectivity index is 1.59. The predicted octanol–water partition coefficient (Wildman–Crippen LogP) is 2.59. The topological polar surface area (TPSA) is 87.9 Å². The van der Waals surface area contributed by atoms with Crippen molar-refractivity contribution in [1.82, 2.24) is 20.1 Å². The lowest BCUT2D eigenvalue weighted by Crippen LogP contribution is -2.32. The molecule has 1 aromatic carbocycles. The number of nitrogens with one attached hydrogen (secondary N) is 1. The molecule has 1 amide bonds. The standard InChI is InChI=1S/C20H20FN5O/c21-17-6-2-1-5-14(17)15(7-8-22)20(27)26-11-16-18(12-26)24-25-19(16)13-4-3-9-23-10-13/h1-6,9-10,15H,7-8,11-12,22H2,(H,24,25). The molecule has 1 aliphatic heterocycles. The van der Waals surface area contributed by atoms with E-state index in [1.54, 1.807) is 35.5 Å². The van der Waals surface area contributed by atoms with Crippen molar-refractivity contribution >= 4 is 5.91 Å². The van der Waals surface area contributed by atoms with Gasteiger partial charge in [-0.25, -0.2) is 4.39 Å². The number of hydrogen-bond acceptors (Lipinski definition) is 4. The van der Waals surface area contributed by atoms with Crippen LogP contribution in [0, 0.1) is 5.82 Å². The third-order valence-electron chi connectivity index (χ3n) is 4.93. The van der Waals surface area contributed by atoms with Gasteiger partial charge in [0.2, 0.25) is 5.91 Å². The highest BCUT2D eigenvalue weighted by Crippen LogP contribution is 2.33. The van der Waals surface area contributed by atoms with Gasteiger partial charge in [-0.2, -0.15) is 5.10 Å². The molecule has 0 spiro atoms. The normalized spacial score (nSPS) is 14.2. The molecule has 4 rings (SSSR count). The summed E-state index contributed by atoms with van der Waals surface area (Å²) in [5.41, 5.74) is 9.69. The van der Waals surface area contributed by atoms with Crippen molar-refractivity contribution < 1.29 is 9.18 Å². The van der Waals surface area contributed by atoms with Crippen molar-refractivity contribution in [3.05, 3.63) is 71.4 Å². The first-order valence-corrected chi connectivity index (χ1v) is 8.89. The van der Waals surface area contributed by atoms with Crippen LogP contribution in [-0.2, 0) is 17.9 Å². The number of amides is 1. The number of aromatic nitrogens is 3. The van der Waals surface area contributed by atoms with E-state index >= 15 is 0 Å². The summed E-state index contributed by atoms with van der Waals surface area (Å²) in [6, 6.07) is 10.2. The van der Waals surface area contributed by atoms with Gasteiger partial charge >= 0.3 is 0 Å². The van der Waals surface area contributed by atoms with Gasteiger partial charge in [0, 0.05) is 29.1 Å². The molecule has 1 unspecified atom stereocenters. The van der Waals surface area contributed by atoms with Crippen LogP contribution < -0.4 is 5.73 Å². The smallest absolute Gasteiger partial charge is 0.230 e. The summed E-state index contributed by atoms with van der Waals surface area (Å²) in [5.74, 6) is -1.08. The number of benzene rings is 1. The Morgan fingerprint density at radius 2 is 2.11 bits per heavy atom. The Kier molecular flexibility index (Phi) is 4.68. The van der Waals surface area contributed by atoms with E-state index in [1.807, 2.05) is 12.1 Å². The number of nitrogens with two attached hydrogens (primary N) is 1. The molecule has 7 heteroatoms. The van der Waals surface area contributed by atoms with Crippen molar-refractivity contribution in [2.45, 2.75) is 25.4 Å². The van der Waals surface area contributed by atoms with Crippen molar-refractivity contribution in [3.8, 4) is 11.3 Å². The summed E-state index contributed by atoms with van der Waals surface area (Å²) in [4.78, 5) is 19.0. The second-order valence-electron chi connectivity index (χ2n) is 6.62. The van der Waals surface area contributed by atoms with E-state index in [1.165, 1.54) is 6.07 Å². The zero-order valence-corrected chi connectivity index (χ0v) is 14.7. The van der Waals surface area contributed by atoms with Crippen LogP contribution in [0.2, 0.25) is 0 Å². The van der Waals surface area contributed by atoms with Crippen molar-refractivity contribution in [2.24, 2.45) is 5.73 Å². The number of pyridine rings is 1. The molecule has 0 bridgehead atoms. The van der Waals surface area contributed by atoms with E-state index in [0.717, 1.165) is 22.5 Å². The van der Waals surface area contributed by atoms with Crippen LogP contribution in [-0.4, -0.2) is 32.5 Å². The molecule has 1 aliphatic rings. The molecule has 27 heavy (non-hydrogen) atoms. The van der Waals surface area contributed by atoms with Gasteiger partial charge in [0.25, 0.3) is 0 Å². The minimum Gasteiger partial charge on any atom is -0.332 e. The van der Waals surface area contributed by atoms with Gasteiger partial charge in [-0.1, -0.05) is 18.2 Å². The van der Waals surface area contributed by atoms with Gasteiger partial charge in [-0.3, -0.25) is 14.9 Å². The molecule has 0 saturated heterocycles. The second-order valence-corrected chi connectivity index (χ2v) is 6.62. The number of carbonyl (C=O) groups is 1. The van der Waals surface area contributed by atoms with Crippen LogP contribution in [0.1, 0.15) is 29.2 Å². The van der Waals surface area contributed by atoms with Crippen molar-refractivity contribution in [1.29, 1.82) is 0 Å². The molecule has 2 aromatic heterocycles. The van der Waals surface area contributed by atoms with Crippen LogP contribution in [0.25, 0.3) is 11.3 Å². The number of carbonyl (C=O) groups excluding carboxylic acids is 1. The number of rotatable bonds is 5. The van der Waals surface area contributed by atoms with Gasteiger partial charge in [0.15, 0.2) is 0 Å². The van der Waals surface area contributed by atoms with Gasteiger partial charge in [-0.05, 0) is 31.2 Å². The fraction of sp³-hybridized carbons (Fsp3) is 0.250. The molecule has 6 nitrogen and oxygen atoms in total. The Morgan fingerprint density at radius 1 is 1.26 bits per heavy atom. The minimum atomic E-state index is -0.588. The molecular formula is C20H20FN5O. The third-order valence-corrected chi connectivity index (χ3v) is 4.93. The number of H-pyrrole nitrogens is 1. The summed E-state index contributed by atoms with van der Waals surface area (Å²) in [7, 11) is 0. The average molecular weight is 365 g/mol. The summed E-state index contributed by atoms with van der Waals surface area (Å²) in [6.45, 7) is 1.17. The molecule has 138 valence electrons. The number of hydrogen-bond donors (Lipinski definition) is 2. The van der Waals surface area contributed by atoms with Gasteiger partial charge in [0.05, 0.1) is 30.4 Å². The molecule has 0 saturated carbocycles. The summed E-state index contributed by atoms with van der Waals surface area (Å²) in [6.07, 6.45) is 3.85. The van der Waals surface area contributed by atoms with Crippen LogP contribution in [0.3, 0.4) is 0 Å². The molecule has 0 fully saturated rings. The molecule has 3 N–H and O–H groups in total. The first kappa shape index (κ1) is 17.4. The summed E-state index contributed by atoms with van der Waals surface area (Å²) in [5, 5.41) is 7.39. The fourth-order valence-corrected chi connectivity index (χ4v) is 3.59. The monoisotopic (exact) mass is 365 g/mol. The van der Waals surface area contributed by atoms with Crippen LogP contribution in [0.4, 0.5) is 4.39 Å². The third kappa shape index (κ3) is 3.21. The quantitative estimate of drug-likeness (QED) is 0.727. The Morgan fingerprint density at radius 3 is 2.85 bits per heavy atom. The van der Waals surface area contributed by atoms with Crippen molar-refractivity contribution in [2.75, 3.05) is 6.54 Å². The predicted molar refractivity (Wildman–Crippen MR) is 98.9 cm³/mol. The van der Waals surface area contributed by atoms with Crippen LogP contribution in [0.15, 0.2) is 48.8 Å². The lowest BCUT2D eigenvalue weighted by atomic mass is 9.93. The van der Waals surface area contributed by atoms with Gasteiger partial charge in [0.1, 0.15) is 5.82 Å². The van der Waals surface area contributed by atoms with E-state index in [0.29, 0.717) is 31.6 Å². The first-order chi connectivity index (χ1) is 13.2. The molecular weight excluding hydrogens is 345 g/mol. The van der Waals surface area contributed by atoms with Gasteiger partial charge in [-0.15, -0.1) is 0 Å². The Labute approximate surface area is 156 Å². The van der Waals surface area contributed by atoms with E-state index in [-0.39, 0.29) is 11.7 Å². The number of aromatic amines is 1. The van der Waals surface area contributed by atoms with Crippen LogP contribution in [0.5, 0.6) is 0 Å². The largest absolute Gasteiger partial charge is 0.332 e. The summed E-state index contributed by atoms with van der Waals surface area (Å²) >= 11 is 0. The maximum Gasteiger partial charge on any atom is 0.230 e. The lowest BCUT2D eigenvalue weighted by molar-refractivity contribution is -0.133. The zero-order chi connectivity index (χ0) is 18.8. The average Bonchev–Trinajstić information content (AvgIpc) is 3.28. The summed E-state index contributed by atoms with van der Waals surface area (Å²) < 4.78 is 14.3. The minimum absolute atomic E-state index is 0.118. The SMILES string of the molecule is NCCC(C(=O)N1Cc2[nH]nc(-c3cccnc3)c2C1)c1ccccc1F. The molecule has 3 aromatic rings. The van der Waals surface area contributed by atoms with E-state index < -0.39 is 5.92 Å². The highest BCUT2D eigenvalue weighted by molar-refractivity contribution is 5.84. The Hall–Kier alpha value is -3.06. The molecule has 0 aliphatic carbocycles. The van der Waals surface area contributed by atoms with Gasteiger partial charge < -0.3 is 10.6 Å². The number of halogens is 1. The van der Waals surface area contributed by atoms with Crippen molar-refractivity contribution in [3.63, 3.8) is 0 Å². The molecule has 3 heterocycles. The number of nitrogens with zero attached hydrogens (tertiary/aromatic N) is 3. The first-order valence-electron chi connectivity index (χ1n) is 8.89. The fourth-order valence-electron chi connectivity index (χ4n) is 3.59. The van der Waals surface area contributed by atoms with E-state index in [2.05, 4.69) is 15.2 Å². The highest BCUT2D eigenvalue weighted by Gasteiger charge is 2.33. The maximum atomic E-state index is 14.3.